The van der Waals surface area contributed by atoms with Gasteiger partial charge in [-0.1, -0.05) is 94.2 Å². The third-order valence-electron chi connectivity index (χ3n) is 18.5. The van der Waals surface area contributed by atoms with Gasteiger partial charge in [-0.05, 0) is 130 Å². The number of fused-ring (bicyclic) bond motifs is 20. The lowest BCUT2D eigenvalue weighted by atomic mass is 9.85. The van der Waals surface area contributed by atoms with E-state index >= 15 is 0 Å². The summed E-state index contributed by atoms with van der Waals surface area (Å²) in [5, 5.41) is 19.1. The molecule has 26 nitrogen and oxygen atoms in total. The number of ether oxygens (including phenoxy) is 2. The van der Waals surface area contributed by atoms with Gasteiger partial charge >= 0.3 is 24.4 Å². The highest BCUT2D eigenvalue weighted by Gasteiger charge is 2.64. The Kier molecular flexibility index (Phi) is 20.1. The summed E-state index contributed by atoms with van der Waals surface area (Å²) in [6.07, 6.45) is 21.7. The molecule has 8 aliphatic carbocycles. The van der Waals surface area contributed by atoms with E-state index in [1.807, 2.05) is 62.5 Å². The largest absolute Gasteiger partial charge is 0.533 e. The number of rotatable bonds is 20. The van der Waals surface area contributed by atoms with E-state index < -0.39 is 95.4 Å². The van der Waals surface area contributed by atoms with Crippen molar-refractivity contribution in [2.75, 3.05) is 39.4 Å². The standard InChI is InChI=1S/C26H29N3O9.C21H31N3O6.C9H9NO3.C4H11N/c30-21-17-13-5-6-14(11-13)18(17)22(31)28(21)37-25(34)27-9-3-1-2-4-10-36-26(35)38-29-23(32)19-15-7-8-16(12-15)20(19)24(29)33;1-13(2)12-23-20(27)29-10-6-4-3-5-9-22-21(28)30-24-18(25)16-14-7-8-15(11-14)17(16)19(24)26;11-8-6-4-1-2-5(3-4)7(6)9(12)10(8)13;1-4(2)3-5/h5-8,13-20H,1-4,9-12H2,(H,27,34);7-8,13-17H,3-6,9-12H2,1-2H3,(H,22,28)(H,23,27);1-2,4-7,13H,3H2;4H,3,5H2,1-2H3. The molecule has 0 spiro atoms. The first-order valence-electron chi connectivity index (χ1n) is 30.5. The number of alkyl carbamates (subject to hydrolysis) is 1. The van der Waals surface area contributed by atoms with Gasteiger partial charge in [0.05, 0.1) is 60.6 Å². The molecule has 86 heavy (non-hydrogen) atoms. The Hall–Kier alpha value is -7.48. The van der Waals surface area contributed by atoms with Crippen molar-refractivity contribution in [3.05, 3.63) is 48.6 Å². The van der Waals surface area contributed by atoms with Crippen molar-refractivity contribution in [2.45, 2.75) is 105 Å². The monoisotopic (exact) mass is 1200 g/mol. The van der Waals surface area contributed by atoms with Crippen molar-refractivity contribution >= 4 is 71.7 Å². The molecule has 468 valence electrons. The number of imide groups is 4. The van der Waals surface area contributed by atoms with E-state index in [1.165, 1.54) is 0 Å². The smallest absolute Gasteiger partial charge is 0.450 e. The van der Waals surface area contributed by atoms with Gasteiger partial charge in [0.15, 0.2) is 0 Å². The number of carbonyl (C=O) groups is 12. The van der Waals surface area contributed by atoms with Gasteiger partial charge in [0.25, 0.3) is 47.3 Å². The van der Waals surface area contributed by atoms with Crippen LogP contribution >= 0.6 is 0 Å². The quantitative estimate of drug-likeness (QED) is 0.0351. The van der Waals surface area contributed by atoms with Crippen LogP contribution in [0.15, 0.2) is 48.6 Å². The Labute approximate surface area is 498 Å². The van der Waals surface area contributed by atoms with Crippen molar-refractivity contribution in [1.29, 1.82) is 0 Å². The first kappa shape index (κ1) is 63.0. The van der Waals surface area contributed by atoms with Crippen LogP contribution < -0.4 is 21.7 Å². The maximum absolute atomic E-state index is 12.5. The molecule has 0 aromatic carbocycles. The van der Waals surface area contributed by atoms with Crippen LogP contribution in [0, 0.1) is 107 Å². The summed E-state index contributed by atoms with van der Waals surface area (Å²) in [5.74, 6) is -4.82. The van der Waals surface area contributed by atoms with Crippen LogP contribution in [0.2, 0.25) is 0 Å². The maximum atomic E-state index is 12.5. The molecule has 4 saturated carbocycles. The number of carbonyl (C=O) groups excluding carboxylic acids is 12. The van der Waals surface area contributed by atoms with Crippen molar-refractivity contribution < 1.29 is 86.7 Å². The SMILES string of the molecule is CC(C)CN.CC(C)CNC(=O)OCCCCCCNC(=O)ON1C(=O)C2C3C=CC(C3)C2C1=O.O=C(NCCCCCCOC(=O)ON1C(=O)C2C3C=CC(C3)C2C1=O)ON1C(=O)C2C3C=CC(C3)C2C1=O.O=C1C2C3C=CC(C3)C2C(=O)N1O. The van der Waals surface area contributed by atoms with Crippen LogP contribution in [0.5, 0.6) is 0 Å². The van der Waals surface area contributed by atoms with Crippen LogP contribution in [0.1, 0.15) is 105 Å². The summed E-state index contributed by atoms with van der Waals surface area (Å²) in [7, 11) is 0. The normalized spacial score (nSPS) is 32.4. The second-order valence-electron chi connectivity index (χ2n) is 25.1. The third-order valence-corrected chi connectivity index (χ3v) is 18.5. The van der Waals surface area contributed by atoms with Crippen LogP contribution in [-0.4, -0.2) is 137 Å². The Bertz CT molecular complexity index is 2590. The van der Waals surface area contributed by atoms with E-state index in [1.54, 1.807) is 0 Å². The minimum absolute atomic E-state index is 0.0277. The first-order valence-corrected chi connectivity index (χ1v) is 30.5. The van der Waals surface area contributed by atoms with E-state index in [9.17, 15) is 57.5 Å². The van der Waals surface area contributed by atoms with Crippen LogP contribution in [0.25, 0.3) is 0 Å². The number of hydroxylamine groups is 8. The molecule has 4 aliphatic heterocycles. The van der Waals surface area contributed by atoms with E-state index in [0.29, 0.717) is 77.5 Å². The van der Waals surface area contributed by atoms with Gasteiger partial charge in [-0.2, -0.15) is 5.06 Å². The van der Waals surface area contributed by atoms with Gasteiger partial charge < -0.3 is 40.8 Å². The minimum atomic E-state index is -1.09. The molecule has 16 atom stereocenters. The number of allylic oxidation sites excluding steroid dienone is 8. The lowest BCUT2D eigenvalue weighted by molar-refractivity contribution is -0.180. The third kappa shape index (κ3) is 13.2. The molecule has 4 heterocycles. The Morgan fingerprint density at radius 3 is 1.03 bits per heavy atom. The van der Waals surface area contributed by atoms with Gasteiger partial charge in [0, 0.05) is 19.6 Å². The molecule has 0 radical (unpaired) electrons. The highest BCUT2D eigenvalue weighted by atomic mass is 16.8. The number of nitrogens with zero attached hydrogens (tertiary/aromatic N) is 4. The molecule has 8 fully saturated rings. The minimum Gasteiger partial charge on any atom is -0.450 e. The average Bonchev–Trinajstić information content (AvgIpc) is 1.74. The number of amides is 11. The molecular formula is C60H80N8O18. The lowest BCUT2D eigenvalue weighted by Gasteiger charge is -2.16. The number of hydrogen-bond donors (Lipinski definition) is 5. The highest BCUT2D eigenvalue weighted by Crippen LogP contribution is 2.55. The molecule has 0 aromatic heterocycles. The fourth-order valence-corrected chi connectivity index (χ4v) is 14.3. The molecular weight excluding hydrogens is 1120 g/mol. The van der Waals surface area contributed by atoms with Gasteiger partial charge in [0.2, 0.25) is 0 Å². The zero-order valence-electron chi connectivity index (χ0n) is 49.0. The number of hydrogen-bond acceptors (Lipinski definition) is 19. The fourth-order valence-electron chi connectivity index (χ4n) is 14.3. The van der Waals surface area contributed by atoms with Gasteiger partial charge in [0.1, 0.15) is 0 Å². The summed E-state index contributed by atoms with van der Waals surface area (Å²) in [6, 6.07) is 0. The Morgan fingerprint density at radius 1 is 0.430 bits per heavy atom. The maximum Gasteiger partial charge on any atom is 0.533 e. The summed E-state index contributed by atoms with van der Waals surface area (Å²) in [5.41, 5.74) is 5.17. The first-order chi connectivity index (χ1) is 41.2. The molecule has 11 amide bonds. The van der Waals surface area contributed by atoms with Gasteiger partial charge in [-0.3, -0.25) is 48.4 Å². The van der Waals surface area contributed by atoms with E-state index in [0.717, 1.165) is 57.9 Å². The van der Waals surface area contributed by atoms with Crippen molar-refractivity contribution in [2.24, 2.45) is 112 Å². The van der Waals surface area contributed by atoms with Crippen LogP contribution in [-0.2, 0) is 62.3 Å². The predicted molar refractivity (Wildman–Crippen MR) is 296 cm³/mol. The van der Waals surface area contributed by atoms with Crippen molar-refractivity contribution in [1.82, 2.24) is 36.2 Å². The van der Waals surface area contributed by atoms with Gasteiger partial charge in [-0.25, -0.2) is 19.2 Å². The van der Waals surface area contributed by atoms with Gasteiger partial charge in [-0.15, -0.1) is 10.1 Å². The summed E-state index contributed by atoms with van der Waals surface area (Å²) in [4.78, 5) is 160. The van der Waals surface area contributed by atoms with Crippen LogP contribution in [0.4, 0.5) is 19.2 Å². The van der Waals surface area contributed by atoms with Crippen molar-refractivity contribution in [3.8, 4) is 0 Å². The highest BCUT2D eigenvalue weighted by molar-refractivity contribution is 6.08. The average molecular weight is 1200 g/mol. The van der Waals surface area contributed by atoms with Crippen LogP contribution in [0.3, 0.4) is 0 Å². The number of nitrogens with two attached hydrogens (primary N) is 1. The molecule has 8 bridgehead atoms. The Balaban J connectivity index is 0.000000162. The predicted octanol–water partition coefficient (Wildman–Crippen LogP) is 5.03. The molecule has 12 aliphatic rings. The molecule has 16 unspecified atom stereocenters. The molecule has 6 N–H and O–H groups in total. The van der Waals surface area contributed by atoms with E-state index in [2.05, 4.69) is 29.8 Å². The molecule has 0 aromatic rings. The van der Waals surface area contributed by atoms with E-state index in [-0.39, 0.29) is 84.2 Å². The fraction of sp³-hybridized carbons (Fsp3) is 0.667. The van der Waals surface area contributed by atoms with E-state index in [4.69, 9.17) is 34.9 Å². The van der Waals surface area contributed by atoms with Crippen molar-refractivity contribution in [3.63, 3.8) is 0 Å². The summed E-state index contributed by atoms with van der Waals surface area (Å²) in [6.45, 7) is 10.7. The molecule has 4 saturated heterocycles. The Morgan fingerprint density at radius 2 is 0.721 bits per heavy atom. The number of nitrogens with one attached hydrogen (secondary N) is 3. The zero-order chi connectivity index (χ0) is 61.7. The number of unbranched alkanes of at least 4 members (excludes halogenated alkanes) is 6. The summed E-state index contributed by atoms with van der Waals surface area (Å²) < 4.78 is 10.1. The molecule has 26 heteroatoms. The zero-order valence-corrected chi connectivity index (χ0v) is 49.0. The molecule has 12 rings (SSSR count). The summed E-state index contributed by atoms with van der Waals surface area (Å²) >= 11 is 0. The second kappa shape index (κ2) is 27.5. The topological polar surface area (TPSA) is 346 Å². The lowest BCUT2D eigenvalue weighted by Crippen LogP contribution is -2.39. The second-order valence-corrected chi connectivity index (χ2v) is 25.1.